The Labute approximate surface area is 351 Å². The number of epoxide rings is 1. The van der Waals surface area contributed by atoms with E-state index in [2.05, 4.69) is 15.9 Å². The number of carbonyl (C=O) groups excluding carboxylic acids is 4. The van der Waals surface area contributed by atoms with E-state index in [9.17, 15) is 61.2 Å². The Morgan fingerprint density at radius 3 is 2.13 bits per heavy atom. The minimum atomic E-state index is -5.53. The van der Waals surface area contributed by atoms with Crippen molar-refractivity contribution in [2.75, 3.05) is 0 Å². The van der Waals surface area contributed by atoms with Crippen molar-refractivity contribution in [3.63, 3.8) is 0 Å². The van der Waals surface area contributed by atoms with E-state index in [1.54, 1.807) is 0 Å². The van der Waals surface area contributed by atoms with E-state index in [1.807, 2.05) is 5.32 Å². The first-order valence-electron chi connectivity index (χ1n) is 19.6. The summed E-state index contributed by atoms with van der Waals surface area (Å²) in [5.41, 5.74) is -8.64. The number of Topliss-reactive ketones (excluding diaryl/α,β-unsaturated/α-hetero) is 1. The normalized spacial score (nSPS) is 50.1. The molecule has 20 atom stereocenters. The van der Waals surface area contributed by atoms with E-state index in [-0.39, 0.29) is 6.42 Å². The number of fused-ring (bicyclic) bond motifs is 10. The molecular weight excluding hydrogens is 891 g/mol. The van der Waals surface area contributed by atoms with Gasteiger partial charge in [0, 0.05) is 53.3 Å². The summed E-state index contributed by atoms with van der Waals surface area (Å²) in [4.78, 5) is 54.1. The van der Waals surface area contributed by atoms with Crippen LogP contribution in [0.3, 0.4) is 0 Å². The molecule has 7 aliphatic rings. The molecule has 4 aliphatic carbocycles. The van der Waals surface area contributed by atoms with Crippen molar-refractivity contribution in [1.29, 1.82) is 0 Å². The van der Waals surface area contributed by atoms with Gasteiger partial charge in [-0.15, -0.1) is 0 Å². The predicted molar refractivity (Wildman–Crippen MR) is 197 cm³/mol. The largest absolute Gasteiger partial charge is 0.471 e. The van der Waals surface area contributed by atoms with Crippen LogP contribution in [0.5, 0.6) is 0 Å². The number of alkyl halides is 3. The standard InChI is InChI=1S/C39H47BrF3NO15S/c1-13-21-24(35(5)36(6,52)33(51)58-37(35,7)57-13)26(47)22-20-23(29(55-15(3)46)31(49)38(21,22)14(2)45)34(4)18(12-19-27(56-19)30(34)48)25(44-32(50)39(41,42)43)28(20)59-60(53,54)17-10-8-16(40)9-11-17/h8-11,13,18-31,47-49,52H,12H2,1-7H3,(H,44,50)/t13-,18?,19-,20-,21-,22+,23+,24-,25+,26+,27-,28+,29-,30-,31-,34-,35?,36+,37-,38+/m0/s1. The van der Waals surface area contributed by atoms with Gasteiger partial charge in [0.25, 0.3) is 10.1 Å². The summed E-state index contributed by atoms with van der Waals surface area (Å²) in [5, 5.41) is 52.3. The van der Waals surface area contributed by atoms with Gasteiger partial charge in [-0.3, -0.25) is 18.6 Å². The zero-order valence-corrected chi connectivity index (χ0v) is 35.8. The van der Waals surface area contributed by atoms with Crippen LogP contribution < -0.4 is 5.32 Å². The number of nitrogens with one attached hydrogen (secondary N) is 1. The van der Waals surface area contributed by atoms with Crippen LogP contribution in [0.2, 0.25) is 0 Å². The molecule has 332 valence electrons. The smallest absolute Gasteiger partial charge is 0.459 e. The number of carbonyl (C=O) groups is 4. The van der Waals surface area contributed by atoms with Crippen molar-refractivity contribution in [2.45, 2.75) is 132 Å². The third-order valence-corrected chi connectivity index (χ3v) is 17.8. The highest BCUT2D eigenvalue weighted by molar-refractivity contribution is 9.10. The Morgan fingerprint density at radius 1 is 0.950 bits per heavy atom. The van der Waals surface area contributed by atoms with Crippen molar-refractivity contribution in [1.82, 2.24) is 5.32 Å². The summed E-state index contributed by atoms with van der Waals surface area (Å²) in [5.74, 6) is -16.8. The van der Waals surface area contributed by atoms with E-state index >= 15 is 0 Å². The maximum Gasteiger partial charge on any atom is 0.471 e. The average Bonchev–Trinajstić information content (AvgIpc) is 3.82. The molecule has 16 nitrogen and oxygen atoms in total. The lowest BCUT2D eigenvalue weighted by Crippen LogP contribution is -2.78. The quantitative estimate of drug-likeness (QED) is 0.154. The summed E-state index contributed by atoms with van der Waals surface area (Å²) in [7, 11) is -5.06. The highest BCUT2D eigenvalue weighted by Gasteiger charge is 2.87. The molecule has 7 fully saturated rings. The molecule has 1 aromatic rings. The first-order valence-corrected chi connectivity index (χ1v) is 21.8. The Morgan fingerprint density at radius 2 is 1.57 bits per heavy atom. The number of aliphatic hydroxyl groups is 4. The fourth-order valence-electron chi connectivity index (χ4n) is 13.4. The zero-order chi connectivity index (χ0) is 44.4. The summed E-state index contributed by atoms with van der Waals surface area (Å²) < 4.78 is 102. The second-order valence-corrected chi connectivity index (χ2v) is 20.9. The molecule has 4 saturated carbocycles. The Bertz CT molecular complexity index is 2140. The van der Waals surface area contributed by atoms with E-state index in [4.69, 9.17) is 23.1 Å². The molecule has 0 aromatic heterocycles. The molecule has 3 aliphatic heterocycles. The number of amides is 1. The molecule has 5 N–H and O–H groups in total. The van der Waals surface area contributed by atoms with Crippen LogP contribution in [0.4, 0.5) is 13.2 Å². The summed E-state index contributed by atoms with van der Waals surface area (Å²) in [6.45, 7) is 8.83. The Kier molecular flexibility index (Phi) is 9.79. The van der Waals surface area contributed by atoms with Crippen LogP contribution in [0.25, 0.3) is 0 Å². The van der Waals surface area contributed by atoms with E-state index < -0.39 is 163 Å². The van der Waals surface area contributed by atoms with Gasteiger partial charge in [0.1, 0.15) is 30.2 Å². The number of ether oxygens (including phenoxy) is 4. The number of rotatable bonds is 6. The van der Waals surface area contributed by atoms with Crippen LogP contribution in [-0.2, 0) is 52.4 Å². The third-order valence-electron chi connectivity index (χ3n) is 16.0. The van der Waals surface area contributed by atoms with Crippen molar-refractivity contribution in [3.8, 4) is 0 Å². The SMILES string of the molecule is CC(=O)O[C@H]1[C@H]2[C@@H]([C@@H](OS(=O)(=O)c3ccc(Br)cc3)[C@H](NC(=O)C(F)(F)F)C3C[C@@H]4O[C@@H]4[C@H](O)[C@@]32C)[C@@H]2[C@@H](O)[C@@H]3[C@H]([C@H](C)O[C@@]4(C)OC(=O)[C@@](C)(O)C34C)[C@@]2(C(C)=O)[C@H]1O. The monoisotopic (exact) mass is 937 g/mol. The summed E-state index contributed by atoms with van der Waals surface area (Å²) in [6, 6.07) is 3.03. The minimum Gasteiger partial charge on any atom is -0.459 e. The molecule has 0 bridgehead atoms. The molecule has 2 unspecified atom stereocenters. The van der Waals surface area contributed by atoms with Gasteiger partial charge >= 0.3 is 24.0 Å². The molecule has 3 heterocycles. The van der Waals surface area contributed by atoms with Gasteiger partial charge in [0.05, 0.1) is 46.2 Å². The van der Waals surface area contributed by atoms with Gasteiger partial charge < -0.3 is 44.7 Å². The highest BCUT2D eigenvalue weighted by Crippen LogP contribution is 2.76. The van der Waals surface area contributed by atoms with Crippen LogP contribution in [0.1, 0.15) is 54.9 Å². The van der Waals surface area contributed by atoms with E-state index in [0.29, 0.717) is 4.47 Å². The number of hydrogen-bond donors (Lipinski definition) is 5. The Balaban J connectivity index is 1.45. The number of esters is 2. The van der Waals surface area contributed by atoms with E-state index in [1.165, 1.54) is 39.8 Å². The van der Waals surface area contributed by atoms with Crippen LogP contribution >= 0.6 is 15.9 Å². The molecular formula is C39H47BrF3NO15S. The molecule has 1 amide bonds. The highest BCUT2D eigenvalue weighted by atomic mass is 79.9. The molecule has 0 radical (unpaired) electrons. The molecule has 1 aromatic carbocycles. The average molecular weight is 939 g/mol. The second-order valence-electron chi connectivity index (χ2n) is 18.4. The third kappa shape index (κ3) is 5.48. The lowest BCUT2D eigenvalue weighted by Gasteiger charge is -2.67. The van der Waals surface area contributed by atoms with Gasteiger partial charge in [-0.25, -0.2) is 4.79 Å². The molecule has 0 spiro atoms. The van der Waals surface area contributed by atoms with E-state index in [0.717, 1.165) is 32.9 Å². The molecule has 3 saturated heterocycles. The lowest BCUT2D eigenvalue weighted by atomic mass is 9.40. The lowest BCUT2D eigenvalue weighted by molar-refractivity contribution is -0.339. The number of benzene rings is 1. The summed E-state index contributed by atoms with van der Waals surface area (Å²) in [6.07, 6.45) is -18.4. The minimum absolute atomic E-state index is 0.175. The van der Waals surface area contributed by atoms with Gasteiger partial charge in [0.15, 0.2) is 5.60 Å². The van der Waals surface area contributed by atoms with Crippen LogP contribution in [0.15, 0.2) is 33.6 Å². The summed E-state index contributed by atoms with van der Waals surface area (Å²) >= 11 is 3.23. The van der Waals surface area contributed by atoms with Crippen molar-refractivity contribution < 1.29 is 84.3 Å². The maximum absolute atomic E-state index is 14.8. The molecule has 60 heavy (non-hydrogen) atoms. The van der Waals surface area contributed by atoms with Crippen LogP contribution in [-0.4, -0.2) is 125 Å². The fourth-order valence-corrected chi connectivity index (χ4v) is 14.8. The zero-order valence-electron chi connectivity index (χ0n) is 33.4. The number of ketones is 1. The number of hydrogen-bond acceptors (Lipinski definition) is 15. The van der Waals surface area contributed by atoms with Crippen molar-refractivity contribution >= 4 is 49.7 Å². The van der Waals surface area contributed by atoms with Crippen molar-refractivity contribution in [2.24, 2.45) is 51.8 Å². The van der Waals surface area contributed by atoms with Gasteiger partial charge in [-0.1, -0.05) is 22.9 Å². The number of halogens is 4. The topological polar surface area (TPSA) is 245 Å². The van der Waals surface area contributed by atoms with Crippen LogP contribution in [0, 0.1) is 51.8 Å². The van der Waals surface area contributed by atoms with Gasteiger partial charge in [0.2, 0.25) is 5.79 Å². The molecule has 21 heteroatoms. The number of aliphatic hydroxyl groups excluding tert-OH is 3. The Hall–Kier alpha value is -2.76. The molecule has 8 rings (SSSR count). The maximum atomic E-state index is 14.8. The second kappa shape index (κ2) is 13.4. The predicted octanol–water partition coefficient (Wildman–Crippen LogP) is 1.52. The van der Waals surface area contributed by atoms with Gasteiger partial charge in [-0.2, -0.15) is 21.6 Å². The first kappa shape index (κ1) is 43.9. The van der Waals surface area contributed by atoms with Crippen molar-refractivity contribution in [3.05, 3.63) is 28.7 Å². The first-order chi connectivity index (χ1) is 27.5. The van der Waals surface area contributed by atoms with Gasteiger partial charge in [-0.05, 0) is 64.3 Å². The fraction of sp³-hybridized carbons (Fsp3) is 0.744.